The van der Waals surface area contributed by atoms with Crippen LogP contribution < -0.4 is 10.6 Å². The number of carbonyl (C=O) groups excluding carboxylic acids is 1. The first-order chi connectivity index (χ1) is 8.08. The average Bonchev–Trinajstić information content (AvgIpc) is 2.27. The van der Waals surface area contributed by atoms with Gasteiger partial charge in [-0.2, -0.15) is 0 Å². The van der Waals surface area contributed by atoms with E-state index in [4.69, 9.17) is 5.11 Å². The largest absolute Gasteiger partial charge is 0.508 e. The van der Waals surface area contributed by atoms with Crippen molar-refractivity contribution in [3.05, 3.63) is 29.8 Å². The monoisotopic (exact) mass is 236 g/mol. The Labute approximate surface area is 102 Å². The van der Waals surface area contributed by atoms with Crippen molar-refractivity contribution >= 4 is 5.91 Å². The van der Waals surface area contributed by atoms with Gasteiger partial charge in [0, 0.05) is 19.1 Å². The Morgan fingerprint density at radius 2 is 1.88 bits per heavy atom. The summed E-state index contributed by atoms with van der Waals surface area (Å²) in [7, 11) is 0. The Morgan fingerprint density at radius 3 is 2.47 bits per heavy atom. The lowest BCUT2D eigenvalue weighted by molar-refractivity contribution is -0.120. The lowest BCUT2D eigenvalue weighted by Gasteiger charge is -2.09. The first kappa shape index (κ1) is 13.5. The molecule has 0 bridgehead atoms. The van der Waals surface area contributed by atoms with Gasteiger partial charge in [-0.25, -0.2) is 0 Å². The molecule has 0 radical (unpaired) electrons. The van der Waals surface area contributed by atoms with Crippen LogP contribution in [0, 0.1) is 0 Å². The fourth-order valence-electron chi connectivity index (χ4n) is 1.42. The summed E-state index contributed by atoms with van der Waals surface area (Å²) in [4.78, 5) is 11.5. The van der Waals surface area contributed by atoms with Crippen LogP contribution in [0.1, 0.15) is 19.4 Å². The van der Waals surface area contributed by atoms with Crippen molar-refractivity contribution in [2.75, 3.05) is 13.1 Å². The minimum absolute atomic E-state index is 0.00115. The van der Waals surface area contributed by atoms with Crippen LogP contribution in [0.15, 0.2) is 24.3 Å². The molecule has 0 saturated carbocycles. The summed E-state index contributed by atoms with van der Waals surface area (Å²) in [5.41, 5.74) is 0.900. The molecule has 1 aromatic carbocycles. The van der Waals surface area contributed by atoms with Crippen LogP contribution in [0.25, 0.3) is 0 Å². The fraction of sp³-hybridized carbons (Fsp3) is 0.462. The smallest absolute Gasteiger partial charge is 0.224 e. The molecule has 0 aliphatic rings. The van der Waals surface area contributed by atoms with Gasteiger partial charge in [-0.3, -0.25) is 4.79 Å². The topological polar surface area (TPSA) is 61.4 Å². The highest BCUT2D eigenvalue weighted by molar-refractivity contribution is 5.78. The Morgan fingerprint density at radius 1 is 1.24 bits per heavy atom. The molecule has 0 heterocycles. The van der Waals surface area contributed by atoms with E-state index in [1.807, 2.05) is 0 Å². The van der Waals surface area contributed by atoms with Crippen molar-refractivity contribution in [1.29, 1.82) is 0 Å². The van der Waals surface area contributed by atoms with Gasteiger partial charge in [-0.05, 0) is 17.7 Å². The first-order valence-electron chi connectivity index (χ1n) is 5.86. The zero-order valence-electron chi connectivity index (χ0n) is 10.4. The summed E-state index contributed by atoms with van der Waals surface area (Å²) >= 11 is 0. The molecule has 1 aromatic rings. The molecule has 0 spiro atoms. The van der Waals surface area contributed by atoms with Gasteiger partial charge in [-0.15, -0.1) is 0 Å². The molecule has 4 nitrogen and oxygen atoms in total. The molecule has 0 atom stereocenters. The van der Waals surface area contributed by atoms with Gasteiger partial charge in [-0.1, -0.05) is 26.0 Å². The normalized spacial score (nSPS) is 10.5. The quantitative estimate of drug-likeness (QED) is 0.647. The van der Waals surface area contributed by atoms with E-state index in [0.717, 1.165) is 12.1 Å². The lowest BCUT2D eigenvalue weighted by atomic mass is 10.1. The second-order valence-corrected chi connectivity index (χ2v) is 4.30. The predicted octanol–water partition coefficient (Wildman–Crippen LogP) is 1.05. The maximum atomic E-state index is 11.5. The number of phenolic OH excluding ortho intramolecular Hbond substituents is 1. The summed E-state index contributed by atoms with van der Waals surface area (Å²) < 4.78 is 0. The van der Waals surface area contributed by atoms with Crippen molar-refractivity contribution in [2.45, 2.75) is 26.3 Å². The minimum Gasteiger partial charge on any atom is -0.508 e. The third-order valence-corrected chi connectivity index (χ3v) is 2.30. The highest BCUT2D eigenvalue weighted by Gasteiger charge is 2.02. The summed E-state index contributed by atoms with van der Waals surface area (Å²) in [5.74, 6) is 0.219. The molecular weight excluding hydrogens is 216 g/mol. The minimum atomic E-state index is 0.00115. The van der Waals surface area contributed by atoms with Crippen LogP contribution in [-0.2, 0) is 11.2 Å². The first-order valence-corrected chi connectivity index (χ1v) is 5.86. The van der Waals surface area contributed by atoms with E-state index >= 15 is 0 Å². The number of phenols is 1. The van der Waals surface area contributed by atoms with E-state index in [2.05, 4.69) is 24.5 Å². The number of aromatic hydroxyl groups is 1. The third kappa shape index (κ3) is 5.92. The Bertz CT molecular complexity index is 347. The van der Waals surface area contributed by atoms with Gasteiger partial charge in [0.2, 0.25) is 5.91 Å². The summed E-state index contributed by atoms with van der Waals surface area (Å²) in [6, 6.07) is 7.11. The Balaban J connectivity index is 2.23. The van der Waals surface area contributed by atoms with E-state index in [9.17, 15) is 4.79 Å². The number of carbonyl (C=O) groups is 1. The van der Waals surface area contributed by atoms with Gasteiger partial charge in [0.05, 0.1) is 6.42 Å². The number of benzene rings is 1. The van der Waals surface area contributed by atoms with Gasteiger partial charge in [0.15, 0.2) is 0 Å². The van der Waals surface area contributed by atoms with Crippen LogP contribution in [0.2, 0.25) is 0 Å². The molecule has 0 aromatic heterocycles. The summed E-state index contributed by atoms with van der Waals surface area (Å²) in [6.45, 7) is 5.55. The van der Waals surface area contributed by atoms with E-state index in [-0.39, 0.29) is 11.7 Å². The number of nitrogens with one attached hydrogen (secondary N) is 2. The number of rotatable bonds is 6. The molecule has 0 fully saturated rings. The molecule has 0 unspecified atom stereocenters. The molecule has 17 heavy (non-hydrogen) atoms. The van der Waals surface area contributed by atoms with Gasteiger partial charge >= 0.3 is 0 Å². The molecule has 1 amide bonds. The van der Waals surface area contributed by atoms with Gasteiger partial charge in [0.1, 0.15) is 5.75 Å². The standard InChI is InChI=1S/C13H20N2O2/c1-10(2)14-7-8-15-13(17)9-11-3-5-12(16)6-4-11/h3-6,10,14,16H,7-9H2,1-2H3,(H,15,17). The van der Waals surface area contributed by atoms with Crippen molar-refractivity contribution in [2.24, 2.45) is 0 Å². The summed E-state index contributed by atoms with van der Waals surface area (Å²) in [6.07, 6.45) is 0.349. The molecule has 0 aliphatic heterocycles. The molecule has 3 N–H and O–H groups in total. The van der Waals surface area contributed by atoms with E-state index in [0.29, 0.717) is 19.0 Å². The van der Waals surface area contributed by atoms with Gasteiger partial charge in [0.25, 0.3) is 0 Å². The highest BCUT2D eigenvalue weighted by Crippen LogP contribution is 2.09. The SMILES string of the molecule is CC(C)NCCNC(=O)Cc1ccc(O)cc1. The zero-order valence-corrected chi connectivity index (χ0v) is 10.4. The van der Waals surface area contributed by atoms with Crippen molar-refractivity contribution in [3.63, 3.8) is 0 Å². The van der Waals surface area contributed by atoms with Crippen molar-refractivity contribution in [1.82, 2.24) is 10.6 Å². The molecule has 0 saturated heterocycles. The zero-order chi connectivity index (χ0) is 12.7. The number of hydrogen-bond acceptors (Lipinski definition) is 3. The van der Waals surface area contributed by atoms with Crippen LogP contribution in [0.3, 0.4) is 0 Å². The second kappa shape index (κ2) is 6.91. The van der Waals surface area contributed by atoms with E-state index in [1.165, 1.54) is 0 Å². The van der Waals surface area contributed by atoms with Gasteiger partial charge < -0.3 is 15.7 Å². The lowest BCUT2D eigenvalue weighted by Crippen LogP contribution is -2.35. The molecule has 4 heteroatoms. The predicted molar refractivity (Wildman–Crippen MR) is 68.0 cm³/mol. The van der Waals surface area contributed by atoms with Crippen LogP contribution >= 0.6 is 0 Å². The average molecular weight is 236 g/mol. The molecule has 94 valence electrons. The highest BCUT2D eigenvalue weighted by atomic mass is 16.3. The fourth-order valence-corrected chi connectivity index (χ4v) is 1.42. The second-order valence-electron chi connectivity index (χ2n) is 4.30. The van der Waals surface area contributed by atoms with Crippen LogP contribution in [0.5, 0.6) is 5.75 Å². The maximum absolute atomic E-state index is 11.5. The number of hydrogen-bond donors (Lipinski definition) is 3. The Hall–Kier alpha value is -1.55. The maximum Gasteiger partial charge on any atom is 0.224 e. The molecule has 0 aliphatic carbocycles. The van der Waals surface area contributed by atoms with E-state index in [1.54, 1.807) is 24.3 Å². The number of amides is 1. The van der Waals surface area contributed by atoms with Crippen molar-refractivity contribution < 1.29 is 9.90 Å². The molecule has 1 rings (SSSR count). The van der Waals surface area contributed by atoms with Crippen molar-refractivity contribution in [3.8, 4) is 5.75 Å². The summed E-state index contributed by atoms with van der Waals surface area (Å²) in [5, 5.41) is 15.2. The third-order valence-electron chi connectivity index (χ3n) is 2.30. The molecular formula is C13H20N2O2. The van der Waals surface area contributed by atoms with Crippen LogP contribution in [-0.4, -0.2) is 30.1 Å². The Kier molecular flexibility index (Phi) is 5.49. The van der Waals surface area contributed by atoms with Crippen LogP contribution in [0.4, 0.5) is 0 Å². The van der Waals surface area contributed by atoms with E-state index < -0.39 is 0 Å².